The van der Waals surface area contributed by atoms with Crippen molar-refractivity contribution in [2.45, 2.75) is 44.8 Å². The Balaban J connectivity index is 1.94. The molecule has 0 aromatic rings. The van der Waals surface area contributed by atoms with Gasteiger partial charge in [0.2, 0.25) is 0 Å². The highest BCUT2D eigenvalue weighted by molar-refractivity contribution is 4.90. The number of nitrogens with zero attached hydrogens (tertiary/aromatic N) is 1. The Kier molecular flexibility index (Phi) is 3.33. The van der Waals surface area contributed by atoms with Crippen molar-refractivity contribution in [3.63, 3.8) is 0 Å². The van der Waals surface area contributed by atoms with Gasteiger partial charge in [0.1, 0.15) is 0 Å². The van der Waals surface area contributed by atoms with Crippen LogP contribution in [0.5, 0.6) is 0 Å². The van der Waals surface area contributed by atoms with Gasteiger partial charge in [0.25, 0.3) is 0 Å². The van der Waals surface area contributed by atoms with E-state index in [1.54, 1.807) is 0 Å². The Bertz CT molecular complexity index is 214. The molecule has 1 saturated carbocycles. The summed E-state index contributed by atoms with van der Waals surface area (Å²) in [4.78, 5) is 2.55. The van der Waals surface area contributed by atoms with E-state index in [0.717, 1.165) is 32.2 Å². The zero-order valence-electron chi connectivity index (χ0n) is 10.0. The average molecular weight is 212 g/mol. The summed E-state index contributed by atoms with van der Waals surface area (Å²) in [5.74, 6) is 0.851. The van der Waals surface area contributed by atoms with E-state index in [2.05, 4.69) is 18.7 Å². The van der Waals surface area contributed by atoms with Crippen LogP contribution in [0.25, 0.3) is 0 Å². The maximum absolute atomic E-state index is 5.92. The minimum atomic E-state index is 0.00934. The second-order valence-corrected chi connectivity index (χ2v) is 5.57. The number of nitrogens with two attached hydrogens (primary N) is 1. The van der Waals surface area contributed by atoms with Crippen LogP contribution >= 0.6 is 0 Å². The molecule has 1 aliphatic heterocycles. The second-order valence-electron chi connectivity index (χ2n) is 5.57. The molecule has 1 heterocycles. The third-order valence-electron chi connectivity index (χ3n) is 3.86. The lowest BCUT2D eigenvalue weighted by Crippen LogP contribution is -2.57. The first-order valence-electron chi connectivity index (χ1n) is 6.20. The van der Waals surface area contributed by atoms with Crippen LogP contribution in [0.1, 0.15) is 33.1 Å². The zero-order valence-corrected chi connectivity index (χ0v) is 10.0. The lowest BCUT2D eigenvalue weighted by molar-refractivity contribution is -0.105. The number of rotatable bonds is 3. The highest BCUT2D eigenvalue weighted by Crippen LogP contribution is 2.33. The summed E-state index contributed by atoms with van der Waals surface area (Å²) < 4.78 is 5.74. The molecule has 88 valence electrons. The van der Waals surface area contributed by atoms with E-state index >= 15 is 0 Å². The molecule has 0 aromatic carbocycles. The summed E-state index contributed by atoms with van der Waals surface area (Å²) in [5.41, 5.74) is 5.93. The molecule has 2 N–H and O–H groups in total. The number of hydrogen-bond donors (Lipinski definition) is 1. The second kappa shape index (κ2) is 4.40. The normalized spacial score (nSPS) is 29.8. The molecule has 1 unspecified atom stereocenters. The van der Waals surface area contributed by atoms with E-state index < -0.39 is 0 Å². The molecule has 3 heteroatoms. The zero-order chi connectivity index (χ0) is 10.9. The third-order valence-corrected chi connectivity index (χ3v) is 3.86. The lowest BCUT2D eigenvalue weighted by atomic mass is 9.78. The highest BCUT2D eigenvalue weighted by atomic mass is 16.5. The van der Waals surface area contributed by atoms with Crippen molar-refractivity contribution in [2.24, 2.45) is 11.7 Å². The van der Waals surface area contributed by atoms with Crippen LogP contribution in [-0.2, 0) is 4.74 Å². The Morgan fingerprint density at radius 1 is 1.47 bits per heavy atom. The van der Waals surface area contributed by atoms with Gasteiger partial charge in [-0.05, 0) is 32.6 Å². The van der Waals surface area contributed by atoms with Crippen molar-refractivity contribution in [1.82, 2.24) is 4.90 Å². The van der Waals surface area contributed by atoms with Crippen LogP contribution in [0, 0.1) is 5.92 Å². The van der Waals surface area contributed by atoms with Gasteiger partial charge in [0.05, 0.1) is 12.2 Å². The van der Waals surface area contributed by atoms with Gasteiger partial charge in [-0.1, -0.05) is 6.42 Å². The van der Waals surface area contributed by atoms with Crippen molar-refractivity contribution in [3.05, 3.63) is 0 Å². The monoisotopic (exact) mass is 212 g/mol. The van der Waals surface area contributed by atoms with Gasteiger partial charge in [0, 0.05) is 25.7 Å². The van der Waals surface area contributed by atoms with Crippen molar-refractivity contribution >= 4 is 0 Å². The summed E-state index contributed by atoms with van der Waals surface area (Å²) in [6.07, 6.45) is 4.15. The van der Waals surface area contributed by atoms with E-state index in [1.165, 1.54) is 19.3 Å². The minimum Gasteiger partial charge on any atom is -0.373 e. The molecule has 3 nitrogen and oxygen atoms in total. The Morgan fingerprint density at radius 3 is 2.67 bits per heavy atom. The van der Waals surface area contributed by atoms with Crippen LogP contribution < -0.4 is 5.73 Å². The fraction of sp³-hybridized carbons (Fsp3) is 1.00. The third kappa shape index (κ3) is 2.52. The van der Waals surface area contributed by atoms with Gasteiger partial charge in [-0.3, -0.25) is 4.90 Å². The van der Waals surface area contributed by atoms with Crippen molar-refractivity contribution in [3.8, 4) is 0 Å². The van der Waals surface area contributed by atoms with Crippen LogP contribution in [0.3, 0.4) is 0 Å². The summed E-state index contributed by atoms with van der Waals surface area (Å²) >= 11 is 0. The van der Waals surface area contributed by atoms with Gasteiger partial charge >= 0.3 is 0 Å². The molecule has 1 atom stereocenters. The van der Waals surface area contributed by atoms with Crippen LogP contribution in [0.15, 0.2) is 0 Å². The fourth-order valence-corrected chi connectivity index (χ4v) is 2.80. The molecule has 2 rings (SSSR count). The maximum atomic E-state index is 5.92. The molecule has 2 aliphatic rings. The largest absolute Gasteiger partial charge is 0.373 e. The predicted octanol–water partition coefficient (Wildman–Crippen LogP) is 1.22. The van der Waals surface area contributed by atoms with Gasteiger partial charge in [-0.15, -0.1) is 0 Å². The first-order valence-corrected chi connectivity index (χ1v) is 6.20. The predicted molar refractivity (Wildman–Crippen MR) is 61.8 cm³/mol. The first kappa shape index (κ1) is 11.4. The van der Waals surface area contributed by atoms with E-state index in [9.17, 15) is 0 Å². The first-order chi connectivity index (χ1) is 7.12. The molecule has 2 fully saturated rings. The van der Waals surface area contributed by atoms with Crippen LogP contribution in [0.2, 0.25) is 0 Å². The van der Waals surface area contributed by atoms with Gasteiger partial charge in [0.15, 0.2) is 0 Å². The van der Waals surface area contributed by atoms with Crippen molar-refractivity contribution < 1.29 is 4.74 Å². The smallest absolute Gasteiger partial charge is 0.0753 e. The van der Waals surface area contributed by atoms with E-state index in [1.807, 2.05) is 0 Å². The summed E-state index contributed by atoms with van der Waals surface area (Å²) in [7, 11) is 0. The summed E-state index contributed by atoms with van der Waals surface area (Å²) in [6.45, 7) is 8.10. The van der Waals surface area contributed by atoms with Crippen LogP contribution in [0.4, 0.5) is 0 Å². The molecular weight excluding hydrogens is 188 g/mol. The Hall–Kier alpha value is -0.120. The molecule has 1 aliphatic carbocycles. The maximum Gasteiger partial charge on any atom is 0.0753 e. The number of ether oxygens (including phenoxy) is 1. The number of morpholine rings is 1. The van der Waals surface area contributed by atoms with Gasteiger partial charge in [-0.2, -0.15) is 0 Å². The molecule has 0 spiro atoms. The molecular formula is C12H24N2O. The average Bonchev–Trinajstić information content (AvgIpc) is 2.09. The molecule has 15 heavy (non-hydrogen) atoms. The minimum absolute atomic E-state index is 0.00934. The van der Waals surface area contributed by atoms with E-state index in [0.29, 0.717) is 6.04 Å². The van der Waals surface area contributed by atoms with Crippen LogP contribution in [-0.4, -0.2) is 42.8 Å². The van der Waals surface area contributed by atoms with Gasteiger partial charge in [-0.25, -0.2) is 0 Å². The summed E-state index contributed by atoms with van der Waals surface area (Å²) in [6, 6.07) is 0.599. The molecule has 0 aromatic heterocycles. The van der Waals surface area contributed by atoms with E-state index in [4.69, 9.17) is 10.5 Å². The van der Waals surface area contributed by atoms with Crippen molar-refractivity contribution in [2.75, 3.05) is 26.2 Å². The van der Waals surface area contributed by atoms with Crippen molar-refractivity contribution in [1.29, 1.82) is 0 Å². The SMILES string of the molecule is CC1(C)CN(C(CN)C2CCC2)CCO1. The molecule has 1 saturated heterocycles. The topological polar surface area (TPSA) is 38.5 Å². The quantitative estimate of drug-likeness (QED) is 0.764. The standard InChI is InChI=1S/C12H24N2O/c1-12(2)9-14(6-7-15-12)11(8-13)10-4-3-5-10/h10-11H,3-9,13H2,1-2H3. The molecule has 0 amide bonds. The fourth-order valence-electron chi connectivity index (χ4n) is 2.80. The highest BCUT2D eigenvalue weighted by Gasteiger charge is 2.36. The van der Waals surface area contributed by atoms with Gasteiger partial charge < -0.3 is 10.5 Å². The lowest BCUT2D eigenvalue weighted by Gasteiger charge is -2.46. The Morgan fingerprint density at radius 2 is 2.20 bits per heavy atom. The molecule has 0 radical (unpaired) electrons. The number of hydrogen-bond acceptors (Lipinski definition) is 3. The Labute approximate surface area is 93.0 Å². The molecule has 0 bridgehead atoms. The van der Waals surface area contributed by atoms with E-state index in [-0.39, 0.29) is 5.60 Å². The summed E-state index contributed by atoms with van der Waals surface area (Å²) in [5, 5.41) is 0.